The third kappa shape index (κ3) is 4.23. The molecule has 0 saturated carbocycles. The fourth-order valence-corrected chi connectivity index (χ4v) is 3.74. The van der Waals surface area contributed by atoms with E-state index in [0.29, 0.717) is 29.4 Å². The van der Waals surface area contributed by atoms with Gasteiger partial charge in [0.2, 0.25) is 5.82 Å². The lowest BCUT2D eigenvalue weighted by Crippen LogP contribution is -2.14. The minimum absolute atomic E-state index is 0.00106. The van der Waals surface area contributed by atoms with Gasteiger partial charge in [0, 0.05) is 16.6 Å². The van der Waals surface area contributed by atoms with Crippen molar-refractivity contribution in [1.82, 2.24) is 14.8 Å². The number of carbonyl (C=O) groups is 1. The lowest BCUT2D eigenvalue weighted by atomic mass is 10.1. The molecule has 1 N–H and O–H groups in total. The van der Waals surface area contributed by atoms with Crippen molar-refractivity contribution in [2.45, 2.75) is 6.92 Å². The van der Waals surface area contributed by atoms with Crippen molar-refractivity contribution in [3.05, 3.63) is 103 Å². The van der Waals surface area contributed by atoms with E-state index in [4.69, 9.17) is 4.74 Å². The number of halogens is 1. The molecule has 4 aromatic carbocycles. The molecule has 0 aliphatic carbocycles. The summed E-state index contributed by atoms with van der Waals surface area (Å²) in [6.45, 7) is 2.47. The van der Waals surface area contributed by atoms with Gasteiger partial charge in [0.1, 0.15) is 11.6 Å². The van der Waals surface area contributed by atoms with Crippen LogP contribution in [0.4, 0.5) is 10.1 Å². The van der Waals surface area contributed by atoms with Crippen LogP contribution in [-0.2, 0) is 0 Å². The molecule has 168 valence electrons. The van der Waals surface area contributed by atoms with Gasteiger partial charge in [0.05, 0.1) is 12.3 Å². The molecule has 7 heteroatoms. The third-order valence-corrected chi connectivity index (χ3v) is 5.34. The first-order chi connectivity index (χ1) is 16.6. The number of nitrogens with zero attached hydrogens (tertiary/aromatic N) is 3. The standard InChI is InChI=1S/C27H21FN4O2/c1-2-34-22-16-14-21(15-17-22)32-26(19-10-12-20(28)13-11-19)30-25(31-32)27(33)29-24-9-5-7-18-6-3-4-8-23(18)24/h3-17H,2H2,1H3,(H,29,33). The molecule has 5 rings (SSSR count). The number of fused-ring (bicyclic) bond motifs is 1. The van der Waals surface area contributed by atoms with Crippen LogP contribution < -0.4 is 10.1 Å². The predicted molar refractivity (Wildman–Crippen MR) is 130 cm³/mol. The number of amides is 1. The van der Waals surface area contributed by atoms with E-state index in [0.717, 1.165) is 16.5 Å². The minimum atomic E-state index is -0.440. The summed E-state index contributed by atoms with van der Waals surface area (Å²) in [6.07, 6.45) is 0. The van der Waals surface area contributed by atoms with Gasteiger partial charge in [-0.1, -0.05) is 36.4 Å². The van der Waals surface area contributed by atoms with Crippen LogP contribution in [-0.4, -0.2) is 27.3 Å². The van der Waals surface area contributed by atoms with Gasteiger partial charge in [-0.2, -0.15) is 0 Å². The summed E-state index contributed by atoms with van der Waals surface area (Å²) < 4.78 is 20.6. The maximum Gasteiger partial charge on any atom is 0.295 e. The van der Waals surface area contributed by atoms with Gasteiger partial charge in [-0.3, -0.25) is 4.79 Å². The Morgan fingerprint density at radius 3 is 2.44 bits per heavy atom. The molecule has 0 bridgehead atoms. The summed E-state index contributed by atoms with van der Waals surface area (Å²) in [6, 6.07) is 26.7. The quantitative estimate of drug-likeness (QED) is 0.349. The molecule has 1 aromatic heterocycles. The first-order valence-corrected chi connectivity index (χ1v) is 10.9. The Morgan fingerprint density at radius 1 is 0.941 bits per heavy atom. The van der Waals surface area contributed by atoms with Crippen molar-refractivity contribution in [3.63, 3.8) is 0 Å². The maximum atomic E-state index is 13.5. The van der Waals surface area contributed by atoms with E-state index in [1.54, 1.807) is 16.8 Å². The van der Waals surface area contributed by atoms with Crippen LogP contribution in [0.3, 0.4) is 0 Å². The number of nitrogens with one attached hydrogen (secondary N) is 1. The van der Waals surface area contributed by atoms with Gasteiger partial charge in [0.15, 0.2) is 5.82 Å². The van der Waals surface area contributed by atoms with Crippen molar-refractivity contribution in [2.24, 2.45) is 0 Å². The van der Waals surface area contributed by atoms with Crippen molar-refractivity contribution < 1.29 is 13.9 Å². The molecular formula is C27H21FN4O2. The van der Waals surface area contributed by atoms with Crippen molar-refractivity contribution in [2.75, 3.05) is 11.9 Å². The Morgan fingerprint density at radius 2 is 1.68 bits per heavy atom. The first-order valence-electron chi connectivity index (χ1n) is 10.9. The van der Waals surface area contributed by atoms with Crippen molar-refractivity contribution in [3.8, 4) is 22.8 Å². The number of aromatic nitrogens is 3. The molecular weight excluding hydrogens is 431 g/mol. The smallest absolute Gasteiger partial charge is 0.295 e. The molecule has 1 amide bonds. The summed E-state index contributed by atoms with van der Waals surface area (Å²) in [5.41, 5.74) is 2.00. The fraction of sp³-hybridized carbons (Fsp3) is 0.0741. The lowest BCUT2D eigenvalue weighted by molar-refractivity contribution is 0.101. The van der Waals surface area contributed by atoms with Crippen LogP contribution in [0.15, 0.2) is 91.0 Å². The Balaban J connectivity index is 1.54. The van der Waals surface area contributed by atoms with E-state index in [1.165, 1.54) is 12.1 Å². The highest BCUT2D eigenvalue weighted by molar-refractivity contribution is 6.07. The van der Waals surface area contributed by atoms with E-state index in [1.807, 2.05) is 73.7 Å². The zero-order valence-electron chi connectivity index (χ0n) is 18.4. The number of hydrogen-bond donors (Lipinski definition) is 1. The highest BCUT2D eigenvalue weighted by Crippen LogP contribution is 2.26. The summed E-state index contributed by atoms with van der Waals surface area (Å²) in [5, 5.41) is 9.35. The number of hydrogen-bond acceptors (Lipinski definition) is 4. The Kier molecular flexibility index (Phi) is 5.74. The van der Waals surface area contributed by atoms with Crippen molar-refractivity contribution >= 4 is 22.4 Å². The molecule has 34 heavy (non-hydrogen) atoms. The van der Waals surface area contributed by atoms with Gasteiger partial charge in [-0.25, -0.2) is 14.1 Å². The van der Waals surface area contributed by atoms with Crippen LogP contribution >= 0.6 is 0 Å². The largest absolute Gasteiger partial charge is 0.494 e. The van der Waals surface area contributed by atoms with E-state index in [2.05, 4.69) is 15.4 Å². The minimum Gasteiger partial charge on any atom is -0.494 e. The second-order valence-corrected chi connectivity index (χ2v) is 7.59. The average Bonchev–Trinajstić information content (AvgIpc) is 3.31. The highest BCUT2D eigenvalue weighted by Gasteiger charge is 2.20. The third-order valence-electron chi connectivity index (χ3n) is 5.34. The van der Waals surface area contributed by atoms with Crippen LogP contribution in [0, 0.1) is 5.82 Å². The summed E-state index contributed by atoms with van der Waals surface area (Å²) in [4.78, 5) is 17.7. The van der Waals surface area contributed by atoms with Crippen LogP contribution in [0.25, 0.3) is 27.8 Å². The van der Waals surface area contributed by atoms with Gasteiger partial charge < -0.3 is 10.1 Å². The van der Waals surface area contributed by atoms with Gasteiger partial charge in [0.25, 0.3) is 5.91 Å². The maximum absolute atomic E-state index is 13.5. The second kappa shape index (κ2) is 9.15. The topological polar surface area (TPSA) is 69.0 Å². The van der Waals surface area contributed by atoms with Crippen LogP contribution in [0.1, 0.15) is 17.5 Å². The monoisotopic (exact) mass is 452 g/mol. The van der Waals surface area contributed by atoms with E-state index < -0.39 is 5.91 Å². The average molecular weight is 452 g/mol. The molecule has 5 aromatic rings. The van der Waals surface area contributed by atoms with Crippen LogP contribution in [0.2, 0.25) is 0 Å². The van der Waals surface area contributed by atoms with Crippen LogP contribution in [0.5, 0.6) is 5.75 Å². The molecule has 6 nitrogen and oxygen atoms in total. The molecule has 0 radical (unpaired) electrons. The summed E-state index contributed by atoms with van der Waals surface area (Å²) in [5.74, 6) is 0.353. The zero-order valence-corrected chi connectivity index (χ0v) is 18.4. The molecule has 1 heterocycles. The Hall–Kier alpha value is -4.52. The Bertz CT molecular complexity index is 1460. The predicted octanol–water partition coefficient (Wildman–Crippen LogP) is 5.88. The number of anilines is 1. The fourth-order valence-electron chi connectivity index (χ4n) is 3.74. The summed E-state index contributed by atoms with van der Waals surface area (Å²) >= 11 is 0. The molecule has 0 saturated heterocycles. The molecule has 0 spiro atoms. The number of rotatable bonds is 6. The molecule has 0 fully saturated rings. The number of carbonyl (C=O) groups excluding carboxylic acids is 1. The van der Waals surface area contributed by atoms with Gasteiger partial charge in [-0.05, 0) is 66.9 Å². The molecule has 0 unspecified atom stereocenters. The lowest BCUT2D eigenvalue weighted by Gasteiger charge is -2.08. The van der Waals surface area contributed by atoms with E-state index in [-0.39, 0.29) is 11.6 Å². The molecule has 0 aliphatic rings. The zero-order chi connectivity index (χ0) is 23.5. The molecule has 0 atom stereocenters. The normalized spacial score (nSPS) is 10.9. The SMILES string of the molecule is CCOc1ccc(-n2nc(C(=O)Nc3cccc4ccccc34)nc2-c2ccc(F)cc2)cc1. The second-order valence-electron chi connectivity index (χ2n) is 7.59. The van der Waals surface area contributed by atoms with Gasteiger partial charge in [-0.15, -0.1) is 5.10 Å². The molecule has 0 aliphatic heterocycles. The highest BCUT2D eigenvalue weighted by atomic mass is 19.1. The number of benzene rings is 4. The number of ether oxygens (including phenoxy) is 1. The van der Waals surface area contributed by atoms with Gasteiger partial charge >= 0.3 is 0 Å². The van der Waals surface area contributed by atoms with Crippen molar-refractivity contribution in [1.29, 1.82) is 0 Å². The van der Waals surface area contributed by atoms with E-state index >= 15 is 0 Å². The first kappa shape index (κ1) is 21.3. The van der Waals surface area contributed by atoms with E-state index in [9.17, 15) is 9.18 Å². The Labute approximate surface area is 195 Å². The summed E-state index contributed by atoms with van der Waals surface area (Å²) in [7, 11) is 0.